The summed E-state index contributed by atoms with van der Waals surface area (Å²) in [5, 5.41) is 0. The smallest absolute Gasteiger partial charge is 0.0241 e. The molecular weight excluding hydrogens is 182 g/mol. The van der Waals surface area contributed by atoms with E-state index in [0.717, 1.165) is 12.0 Å². The molecule has 0 saturated heterocycles. The zero-order valence-corrected chi connectivity index (χ0v) is 10.0. The minimum Gasteiger partial charge on any atom is -0.399 e. The van der Waals surface area contributed by atoms with Crippen LogP contribution in [-0.2, 0) is 0 Å². The van der Waals surface area contributed by atoms with E-state index in [1.54, 1.807) is 6.08 Å². The Labute approximate surface area is 93.4 Å². The minimum atomic E-state index is 0.557. The van der Waals surface area contributed by atoms with Crippen LogP contribution in [0.4, 0.5) is 0 Å². The average Bonchev–Trinajstić information content (AvgIpc) is 2.11. The Morgan fingerprint density at radius 3 is 2.13 bits per heavy atom. The normalized spacial score (nSPS) is 11.5. The molecule has 0 aromatic carbocycles. The van der Waals surface area contributed by atoms with Crippen LogP contribution in [-0.4, -0.2) is 0 Å². The highest BCUT2D eigenvalue weighted by Gasteiger charge is 1.91. The molecule has 0 atom stereocenters. The molecule has 0 saturated carbocycles. The molecule has 0 fully saturated rings. The highest BCUT2D eigenvalue weighted by atomic mass is 14.5. The zero-order chi connectivity index (χ0) is 11.8. The summed E-state index contributed by atoms with van der Waals surface area (Å²) in [5.41, 5.74) is 9.60. The molecule has 0 aliphatic rings. The third-order valence-corrected chi connectivity index (χ3v) is 1.74. The number of allylic oxidation sites excluding steroid dienone is 7. The second kappa shape index (κ2) is 6.88. The highest BCUT2D eigenvalue weighted by molar-refractivity contribution is 5.27. The summed E-state index contributed by atoms with van der Waals surface area (Å²) >= 11 is 0. The van der Waals surface area contributed by atoms with E-state index in [1.165, 1.54) is 11.1 Å². The molecule has 0 rings (SSSR count). The SMILES string of the molecule is C=C(N)/C=C\C(=C)C/C(C)=C/C=C(C)C. The Bertz CT molecular complexity index is 323. The summed E-state index contributed by atoms with van der Waals surface area (Å²) < 4.78 is 0. The van der Waals surface area contributed by atoms with Gasteiger partial charge in [0.25, 0.3) is 0 Å². The molecule has 0 bridgehead atoms. The molecule has 1 nitrogen and oxygen atoms in total. The number of hydrogen-bond acceptors (Lipinski definition) is 1. The first-order chi connectivity index (χ1) is 6.91. The zero-order valence-electron chi connectivity index (χ0n) is 10.0. The van der Waals surface area contributed by atoms with Crippen molar-refractivity contribution in [3.63, 3.8) is 0 Å². The molecule has 0 unspecified atom stereocenters. The van der Waals surface area contributed by atoms with Gasteiger partial charge in [0.05, 0.1) is 0 Å². The number of hydrogen-bond donors (Lipinski definition) is 1. The van der Waals surface area contributed by atoms with Crippen LogP contribution in [0.15, 0.2) is 59.9 Å². The topological polar surface area (TPSA) is 26.0 Å². The van der Waals surface area contributed by atoms with Crippen molar-refractivity contribution in [3.8, 4) is 0 Å². The summed E-state index contributed by atoms with van der Waals surface area (Å²) in [6.45, 7) is 13.8. The number of rotatable bonds is 5. The molecule has 0 aromatic heterocycles. The summed E-state index contributed by atoms with van der Waals surface area (Å²) in [5.74, 6) is 0. The molecule has 0 heterocycles. The van der Waals surface area contributed by atoms with Gasteiger partial charge in [-0.15, -0.1) is 0 Å². The Morgan fingerprint density at radius 2 is 1.67 bits per heavy atom. The molecule has 2 N–H and O–H groups in total. The fraction of sp³-hybridized carbons (Fsp3) is 0.286. The van der Waals surface area contributed by atoms with Crippen molar-refractivity contribution < 1.29 is 0 Å². The molecule has 82 valence electrons. The molecule has 0 aromatic rings. The van der Waals surface area contributed by atoms with Gasteiger partial charge >= 0.3 is 0 Å². The van der Waals surface area contributed by atoms with E-state index in [1.807, 2.05) is 6.08 Å². The van der Waals surface area contributed by atoms with E-state index in [4.69, 9.17) is 5.73 Å². The van der Waals surface area contributed by atoms with Crippen LogP contribution in [0.5, 0.6) is 0 Å². The number of nitrogens with two attached hydrogens (primary N) is 1. The van der Waals surface area contributed by atoms with Gasteiger partial charge in [0, 0.05) is 5.70 Å². The fourth-order valence-corrected chi connectivity index (χ4v) is 1.01. The van der Waals surface area contributed by atoms with Crippen LogP contribution in [0.2, 0.25) is 0 Å². The maximum atomic E-state index is 5.42. The van der Waals surface area contributed by atoms with Gasteiger partial charge in [0.1, 0.15) is 0 Å². The van der Waals surface area contributed by atoms with Crippen molar-refractivity contribution in [2.45, 2.75) is 27.2 Å². The lowest BCUT2D eigenvalue weighted by Gasteiger charge is -2.00. The summed E-state index contributed by atoms with van der Waals surface area (Å²) in [6, 6.07) is 0. The Hall–Kier alpha value is -1.50. The molecule has 0 radical (unpaired) electrons. The van der Waals surface area contributed by atoms with Crippen LogP contribution in [0, 0.1) is 0 Å². The fourth-order valence-electron chi connectivity index (χ4n) is 1.01. The molecule has 15 heavy (non-hydrogen) atoms. The Morgan fingerprint density at radius 1 is 1.07 bits per heavy atom. The van der Waals surface area contributed by atoms with Gasteiger partial charge in [-0.05, 0) is 33.3 Å². The first-order valence-corrected chi connectivity index (χ1v) is 5.02. The van der Waals surface area contributed by atoms with E-state index in [2.05, 4.69) is 46.1 Å². The van der Waals surface area contributed by atoms with Crippen molar-refractivity contribution in [1.82, 2.24) is 0 Å². The molecule has 0 aliphatic heterocycles. The van der Waals surface area contributed by atoms with Gasteiger partial charge in [-0.1, -0.05) is 48.1 Å². The first kappa shape index (κ1) is 13.5. The first-order valence-electron chi connectivity index (χ1n) is 5.02. The maximum absolute atomic E-state index is 5.42. The van der Waals surface area contributed by atoms with Crippen LogP contribution in [0.1, 0.15) is 27.2 Å². The van der Waals surface area contributed by atoms with Gasteiger partial charge in [-0.3, -0.25) is 0 Å². The summed E-state index contributed by atoms with van der Waals surface area (Å²) in [7, 11) is 0. The second-order valence-corrected chi connectivity index (χ2v) is 4.00. The monoisotopic (exact) mass is 203 g/mol. The van der Waals surface area contributed by atoms with Gasteiger partial charge in [0.15, 0.2) is 0 Å². The van der Waals surface area contributed by atoms with E-state index in [9.17, 15) is 0 Å². The van der Waals surface area contributed by atoms with Crippen LogP contribution in [0.3, 0.4) is 0 Å². The van der Waals surface area contributed by atoms with E-state index in [-0.39, 0.29) is 0 Å². The van der Waals surface area contributed by atoms with Crippen molar-refractivity contribution in [2.24, 2.45) is 5.73 Å². The largest absolute Gasteiger partial charge is 0.399 e. The van der Waals surface area contributed by atoms with Crippen molar-refractivity contribution in [3.05, 3.63) is 59.9 Å². The van der Waals surface area contributed by atoms with Crippen molar-refractivity contribution in [1.29, 1.82) is 0 Å². The average molecular weight is 203 g/mol. The molecule has 0 amide bonds. The van der Waals surface area contributed by atoms with E-state index in [0.29, 0.717) is 5.70 Å². The molecular formula is C14H21N. The third kappa shape index (κ3) is 8.82. The van der Waals surface area contributed by atoms with Crippen molar-refractivity contribution in [2.75, 3.05) is 0 Å². The summed E-state index contributed by atoms with van der Waals surface area (Å²) in [6.07, 6.45) is 8.77. The van der Waals surface area contributed by atoms with E-state index < -0.39 is 0 Å². The lowest BCUT2D eigenvalue weighted by atomic mass is 10.1. The second-order valence-electron chi connectivity index (χ2n) is 4.00. The highest BCUT2D eigenvalue weighted by Crippen LogP contribution is 2.10. The van der Waals surface area contributed by atoms with Crippen LogP contribution in [0.25, 0.3) is 0 Å². The predicted octanol–water partition coefficient (Wildman–Crippen LogP) is 3.87. The predicted molar refractivity (Wildman–Crippen MR) is 69.4 cm³/mol. The standard InChI is InChI=1S/C14H21N/c1-11(2)6-7-12(3)10-13(4)8-9-14(5)15/h6-9H,4-5,10,15H2,1-3H3/b9-8-,12-7+. The maximum Gasteiger partial charge on any atom is 0.0241 e. The van der Waals surface area contributed by atoms with Gasteiger partial charge in [-0.2, -0.15) is 0 Å². The lowest BCUT2D eigenvalue weighted by Crippen LogP contribution is -1.89. The van der Waals surface area contributed by atoms with Gasteiger partial charge in [-0.25, -0.2) is 0 Å². The van der Waals surface area contributed by atoms with Crippen LogP contribution >= 0.6 is 0 Å². The van der Waals surface area contributed by atoms with Crippen molar-refractivity contribution >= 4 is 0 Å². The van der Waals surface area contributed by atoms with Gasteiger partial charge < -0.3 is 5.73 Å². The molecule has 1 heteroatoms. The quantitative estimate of drug-likeness (QED) is 0.674. The van der Waals surface area contributed by atoms with Crippen LogP contribution < -0.4 is 5.73 Å². The Balaban J connectivity index is 4.25. The lowest BCUT2D eigenvalue weighted by molar-refractivity contribution is 1.15. The summed E-state index contributed by atoms with van der Waals surface area (Å²) in [4.78, 5) is 0. The molecule has 0 spiro atoms. The Kier molecular flexibility index (Phi) is 6.19. The molecule has 0 aliphatic carbocycles. The van der Waals surface area contributed by atoms with E-state index >= 15 is 0 Å². The van der Waals surface area contributed by atoms with Gasteiger partial charge in [0.2, 0.25) is 0 Å². The third-order valence-electron chi connectivity index (χ3n) is 1.74. The minimum absolute atomic E-state index is 0.557.